The zero-order chi connectivity index (χ0) is 14.6. The second-order valence-corrected chi connectivity index (χ2v) is 5.30. The van der Waals surface area contributed by atoms with Gasteiger partial charge in [-0.25, -0.2) is 0 Å². The molecule has 1 aromatic carbocycles. The lowest BCUT2D eigenvalue weighted by atomic mass is 10.1. The van der Waals surface area contributed by atoms with Crippen LogP contribution in [0.15, 0.2) is 24.3 Å². The Bertz CT molecular complexity index is 337. The van der Waals surface area contributed by atoms with E-state index in [0.29, 0.717) is 12.7 Å². The summed E-state index contributed by atoms with van der Waals surface area (Å²) in [6.45, 7) is 5.85. The third-order valence-corrected chi connectivity index (χ3v) is 3.30. The largest absolute Gasteiger partial charge is 0.494 e. The lowest BCUT2D eigenvalue weighted by molar-refractivity contribution is 0.0507. The van der Waals surface area contributed by atoms with Crippen LogP contribution >= 0.6 is 0 Å². The van der Waals surface area contributed by atoms with Crippen molar-refractivity contribution in [3.05, 3.63) is 24.3 Å². The molecule has 0 aliphatic heterocycles. The molecule has 3 nitrogen and oxygen atoms in total. The zero-order valence-corrected chi connectivity index (χ0v) is 12.9. The number of benzene rings is 1. The Labute approximate surface area is 123 Å². The van der Waals surface area contributed by atoms with Gasteiger partial charge in [0.25, 0.3) is 0 Å². The summed E-state index contributed by atoms with van der Waals surface area (Å²) in [7, 11) is 0. The summed E-state index contributed by atoms with van der Waals surface area (Å²) in [4.78, 5) is 0. The summed E-state index contributed by atoms with van der Waals surface area (Å²) >= 11 is 0. The van der Waals surface area contributed by atoms with Crippen molar-refractivity contribution in [2.75, 3.05) is 18.9 Å². The van der Waals surface area contributed by atoms with Gasteiger partial charge in [0.2, 0.25) is 0 Å². The Morgan fingerprint density at radius 1 is 1.00 bits per heavy atom. The highest BCUT2D eigenvalue weighted by molar-refractivity contribution is 5.41. The van der Waals surface area contributed by atoms with Crippen molar-refractivity contribution in [2.24, 2.45) is 0 Å². The molecule has 0 bridgehead atoms. The van der Waals surface area contributed by atoms with Crippen LogP contribution in [0.3, 0.4) is 0 Å². The minimum atomic E-state index is 0.364. The maximum absolute atomic E-state index is 5.78. The maximum atomic E-state index is 5.78. The molecular weight excluding hydrogens is 250 g/mol. The van der Waals surface area contributed by atoms with Gasteiger partial charge in [-0.15, -0.1) is 0 Å². The number of hydrogen-bond acceptors (Lipinski definition) is 3. The Balaban J connectivity index is 1.97. The Kier molecular flexibility index (Phi) is 8.88. The molecule has 114 valence electrons. The third-order valence-electron chi connectivity index (χ3n) is 3.30. The molecule has 0 fully saturated rings. The summed E-state index contributed by atoms with van der Waals surface area (Å²) in [5.74, 6) is 0.867. The molecule has 0 radical (unpaired) electrons. The van der Waals surface area contributed by atoms with Gasteiger partial charge in [-0.05, 0) is 37.6 Å². The van der Waals surface area contributed by atoms with Crippen LogP contribution in [0, 0.1) is 0 Å². The van der Waals surface area contributed by atoms with E-state index in [1.54, 1.807) is 0 Å². The van der Waals surface area contributed by atoms with Gasteiger partial charge in [-0.2, -0.15) is 0 Å². The summed E-state index contributed by atoms with van der Waals surface area (Å²) in [5, 5.41) is 0. The maximum Gasteiger partial charge on any atom is 0.119 e. The molecule has 20 heavy (non-hydrogen) atoms. The van der Waals surface area contributed by atoms with Gasteiger partial charge in [0.05, 0.1) is 19.3 Å². The summed E-state index contributed by atoms with van der Waals surface area (Å²) in [5.41, 5.74) is 6.38. The molecule has 1 atom stereocenters. The van der Waals surface area contributed by atoms with E-state index in [2.05, 4.69) is 13.8 Å². The smallest absolute Gasteiger partial charge is 0.119 e. The van der Waals surface area contributed by atoms with Gasteiger partial charge in [-0.3, -0.25) is 0 Å². The number of anilines is 1. The molecule has 1 unspecified atom stereocenters. The molecule has 3 heteroatoms. The van der Waals surface area contributed by atoms with Gasteiger partial charge in [0.1, 0.15) is 5.75 Å². The van der Waals surface area contributed by atoms with Gasteiger partial charge in [0.15, 0.2) is 0 Å². The molecule has 0 aliphatic carbocycles. The van der Waals surface area contributed by atoms with Crippen LogP contribution in [0.2, 0.25) is 0 Å². The highest BCUT2D eigenvalue weighted by Gasteiger charge is 2.02. The number of nitrogen functional groups attached to an aromatic ring is 1. The summed E-state index contributed by atoms with van der Waals surface area (Å²) in [6.07, 6.45) is 7.67. The Morgan fingerprint density at radius 3 is 2.45 bits per heavy atom. The molecule has 0 heterocycles. The second-order valence-electron chi connectivity index (χ2n) is 5.30. The summed E-state index contributed by atoms with van der Waals surface area (Å²) in [6, 6.07) is 7.49. The monoisotopic (exact) mass is 279 g/mol. The van der Waals surface area contributed by atoms with Crippen LogP contribution in [-0.4, -0.2) is 19.3 Å². The van der Waals surface area contributed by atoms with Gasteiger partial charge >= 0.3 is 0 Å². The second kappa shape index (κ2) is 10.6. The SMILES string of the molecule is CCCCCCC(C)OCCCOc1ccc(N)cc1. The molecule has 0 amide bonds. The predicted molar refractivity (Wildman–Crippen MR) is 85.1 cm³/mol. The normalized spacial score (nSPS) is 12.3. The van der Waals surface area contributed by atoms with E-state index < -0.39 is 0 Å². The molecule has 0 saturated carbocycles. The first kappa shape index (κ1) is 16.8. The molecular formula is C17H29NO2. The van der Waals surface area contributed by atoms with E-state index in [4.69, 9.17) is 15.2 Å². The van der Waals surface area contributed by atoms with Crippen LogP contribution in [0.5, 0.6) is 5.75 Å². The average molecular weight is 279 g/mol. The van der Waals surface area contributed by atoms with E-state index in [1.165, 1.54) is 32.1 Å². The molecule has 0 aliphatic rings. The van der Waals surface area contributed by atoms with Crippen molar-refractivity contribution >= 4 is 5.69 Å². The van der Waals surface area contributed by atoms with E-state index in [-0.39, 0.29) is 0 Å². The van der Waals surface area contributed by atoms with Crippen LogP contribution in [0.25, 0.3) is 0 Å². The topological polar surface area (TPSA) is 44.5 Å². The minimum Gasteiger partial charge on any atom is -0.494 e. The Morgan fingerprint density at radius 2 is 1.75 bits per heavy atom. The standard InChI is InChI=1S/C17H29NO2/c1-3-4-5-6-8-15(2)19-13-7-14-20-17-11-9-16(18)10-12-17/h9-12,15H,3-8,13-14,18H2,1-2H3. The fourth-order valence-corrected chi connectivity index (χ4v) is 2.04. The van der Waals surface area contributed by atoms with Crippen molar-refractivity contribution < 1.29 is 9.47 Å². The van der Waals surface area contributed by atoms with Crippen LogP contribution in [0.4, 0.5) is 5.69 Å². The van der Waals surface area contributed by atoms with Crippen molar-refractivity contribution in [2.45, 2.75) is 58.5 Å². The van der Waals surface area contributed by atoms with Crippen LogP contribution in [0.1, 0.15) is 52.4 Å². The van der Waals surface area contributed by atoms with Gasteiger partial charge in [-0.1, -0.05) is 32.6 Å². The lowest BCUT2D eigenvalue weighted by Crippen LogP contribution is -2.11. The van der Waals surface area contributed by atoms with Crippen LogP contribution < -0.4 is 10.5 Å². The fraction of sp³-hybridized carbons (Fsp3) is 0.647. The molecule has 1 aromatic rings. The molecule has 2 N–H and O–H groups in total. The van der Waals surface area contributed by atoms with E-state index >= 15 is 0 Å². The number of unbranched alkanes of at least 4 members (excludes halogenated alkanes) is 3. The summed E-state index contributed by atoms with van der Waals surface area (Å²) < 4.78 is 11.4. The average Bonchev–Trinajstić information content (AvgIpc) is 2.45. The molecule has 0 aromatic heterocycles. The zero-order valence-electron chi connectivity index (χ0n) is 12.9. The molecule has 0 saturated heterocycles. The number of hydrogen-bond donors (Lipinski definition) is 1. The molecule has 0 spiro atoms. The van der Waals surface area contributed by atoms with Gasteiger partial charge in [0, 0.05) is 12.1 Å². The third kappa shape index (κ3) is 8.05. The van der Waals surface area contributed by atoms with Crippen molar-refractivity contribution in [1.82, 2.24) is 0 Å². The van der Waals surface area contributed by atoms with E-state index in [0.717, 1.165) is 24.5 Å². The van der Waals surface area contributed by atoms with Gasteiger partial charge < -0.3 is 15.2 Å². The minimum absolute atomic E-state index is 0.364. The first-order valence-corrected chi connectivity index (χ1v) is 7.82. The van der Waals surface area contributed by atoms with E-state index in [9.17, 15) is 0 Å². The molecule has 1 rings (SSSR count). The van der Waals surface area contributed by atoms with Crippen molar-refractivity contribution in [3.8, 4) is 5.75 Å². The van der Waals surface area contributed by atoms with Crippen molar-refractivity contribution in [1.29, 1.82) is 0 Å². The van der Waals surface area contributed by atoms with Crippen LogP contribution in [-0.2, 0) is 4.74 Å². The first-order chi connectivity index (χ1) is 9.72. The number of ether oxygens (including phenoxy) is 2. The Hall–Kier alpha value is -1.22. The fourth-order valence-electron chi connectivity index (χ4n) is 2.04. The first-order valence-electron chi connectivity index (χ1n) is 7.82. The quantitative estimate of drug-likeness (QED) is 0.482. The number of rotatable bonds is 11. The predicted octanol–water partition coefficient (Wildman–Crippen LogP) is 4.41. The van der Waals surface area contributed by atoms with Crippen molar-refractivity contribution in [3.63, 3.8) is 0 Å². The highest BCUT2D eigenvalue weighted by atomic mass is 16.5. The lowest BCUT2D eigenvalue weighted by Gasteiger charge is -2.13. The van der Waals surface area contributed by atoms with E-state index in [1.807, 2.05) is 24.3 Å². The highest BCUT2D eigenvalue weighted by Crippen LogP contribution is 2.13. The number of nitrogens with two attached hydrogens (primary N) is 1.